The molecule has 500 valence electrons. The first-order chi connectivity index (χ1) is 40.9. The second-order valence-corrected chi connectivity index (χ2v) is 24.7. The molecule has 1 fully saturated rings. The van der Waals surface area contributed by atoms with Crippen molar-refractivity contribution >= 4 is 55.1 Å². The molecule has 0 saturated carbocycles. The molecule has 0 radical (unpaired) electrons. The van der Waals surface area contributed by atoms with Crippen molar-refractivity contribution < 1.29 is 86.1 Å². The van der Waals surface area contributed by atoms with Gasteiger partial charge in [-0.3, -0.25) is 52.6 Å². The van der Waals surface area contributed by atoms with Crippen molar-refractivity contribution in [3.8, 4) is 0 Å². The van der Waals surface area contributed by atoms with E-state index in [9.17, 15) is 58.1 Å². The number of hydrogen-bond acceptors (Lipinski definition) is 18. The van der Waals surface area contributed by atoms with E-state index in [0.29, 0.717) is 19.4 Å². The van der Waals surface area contributed by atoms with E-state index in [-0.39, 0.29) is 38.5 Å². The summed E-state index contributed by atoms with van der Waals surface area (Å²) in [5.41, 5.74) is 11.7. The average molecular weight is 1250 g/mol. The number of ether oxygens (including phenoxy) is 4. The maximum atomic E-state index is 13.6. The van der Waals surface area contributed by atoms with Crippen LogP contribution in [-0.2, 0) is 70.9 Å². The number of hydroxylamine groups is 2. The number of phosphoric acid groups is 1. The maximum Gasteiger partial charge on any atom is 0.472 e. The molecule has 9 N–H and O–H groups in total. The third kappa shape index (κ3) is 36.4. The van der Waals surface area contributed by atoms with Gasteiger partial charge in [0.1, 0.15) is 30.9 Å². The van der Waals surface area contributed by atoms with Crippen LogP contribution in [0, 0.1) is 0 Å². The van der Waals surface area contributed by atoms with Crippen LogP contribution in [0.5, 0.6) is 0 Å². The Kier molecular flexibility index (Phi) is 43.6. The lowest BCUT2D eigenvalue weighted by Gasteiger charge is -2.49. The minimum absolute atomic E-state index is 0.0196. The van der Waals surface area contributed by atoms with Crippen LogP contribution in [0.4, 0.5) is 0 Å². The lowest BCUT2D eigenvalue weighted by atomic mass is 9.87. The number of unbranched alkanes of at least 4 members (excludes halogenated alkanes) is 27. The molecule has 1 rings (SSSR count). The Hall–Kier alpha value is -4.13. The van der Waals surface area contributed by atoms with Gasteiger partial charge in [0.05, 0.1) is 25.4 Å². The monoisotopic (exact) mass is 1250 g/mol. The molecule has 25 heteroatoms. The number of rotatable bonds is 53. The van der Waals surface area contributed by atoms with Crippen molar-refractivity contribution in [3.05, 3.63) is 0 Å². The lowest BCUT2D eigenvalue weighted by molar-refractivity contribution is -0.312. The molecule has 0 aromatic carbocycles. The summed E-state index contributed by atoms with van der Waals surface area (Å²) in [5.74, 6) is -8.77. The first-order valence-corrected chi connectivity index (χ1v) is 33.7. The molecule has 5 amide bonds. The molecular weight excluding hydrogens is 1140 g/mol. The summed E-state index contributed by atoms with van der Waals surface area (Å²) in [6.45, 7) is 7.99. The minimum atomic E-state index is -4.41. The van der Waals surface area contributed by atoms with Crippen molar-refractivity contribution in [2.75, 3.05) is 39.5 Å². The number of carbonyl (C=O) groups is 8. The van der Waals surface area contributed by atoms with E-state index in [0.717, 1.165) is 95.4 Å². The van der Waals surface area contributed by atoms with Crippen molar-refractivity contribution in [1.29, 1.82) is 0 Å². The first-order valence-electron chi connectivity index (χ1n) is 32.2. The second kappa shape index (κ2) is 46.9. The van der Waals surface area contributed by atoms with Gasteiger partial charge in [0, 0.05) is 60.2 Å². The predicted molar refractivity (Wildman–Crippen MR) is 325 cm³/mol. The molecule has 1 aliphatic rings. The summed E-state index contributed by atoms with van der Waals surface area (Å²) in [6.07, 6.45) is 27.6. The first kappa shape index (κ1) is 79.9. The topological polar surface area (TPSA) is 352 Å². The number of hydrogen-bond donors (Lipinski definition) is 7. The smallest absolute Gasteiger partial charge is 0.463 e. The molecule has 0 spiro atoms. The summed E-state index contributed by atoms with van der Waals surface area (Å²) in [4.78, 5) is 112. The number of aliphatic hydroxyl groups is 1. The zero-order valence-corrected chi connectivity index (χ0v) is 54.3. The highest BCUT2D eigenvalue weighted by Gasteiger charge is 2.60. The van der Waals surface area contributed by atoms with E-state index < -0.39 is 111 Å². The maximum absolute atomic E-state index is 13.6. The van der Waals surface area contributed by atoms with Crippen LogP contribution in [0.15, 0.2) is 0 Å². The van der Waals surface area contributed by atoms with Gasteiger partial charge in [-0.05, 0) is 39.5 Å². The van der Waals surface area contributed by atoms with Gasteiger partial charge in [0.25, 0.3) is 0 Å². The van der Waals surface area contributed by atoms with Crippen molar-refractivity contribution in [3.63, 3.8) is 0 Å². The third-order valence-corrected chi connectivity index (χ3v) is 16.2. The highest BCUT2D eigenvalue weighted by atomic mass is 31.2. The Morgan fingerprint density at radius 1 is 0.663 bits per heavy atom. The number of Topliss-reactive ketones (excluding diaryl/α,β-unsaturated/α-hetero) is 1. The van der Waals surface area contributed by atoms with Gasteiger partial charge in [-0.1, -0.05) is 174 Å². The van der Waals surface area contributed by atoms with Crippen LogP contribution in [0.2, 0.25) is 0 Å². The number of primary amides is 1. The Labute approximate surface area is 513 Å². The van der Waals surface area contributed by atoms with Gasteiger partial charge in [0.2, 0.25) is 35.3 Å². The largest absolute Gasteiger partial charge is 0.472 e. The Morgan fingerprint density at radius 3 is 1.59 bits per heavy atom. The molecule has 0 aliphatic carbocycles. The SMILES string of the molecule is CCCCCCCCCCCCCCCC(=O)N(O)CCCCCCCCCCCCCCCCCCOP(=O)(O)OCCNC(=O)CC[C@H](C(N)=O)N(CC(C)O[C@H]1[C@H](OC(C)=O)[C@@H](COC(C)=O)O[C@@](O)(C(C)=O)[C@H]1NC(C)=O)C(=O)[C@H](C)N. The van der Waals surface area contributed by atoms with Gasteiger partial charge in [-0.25, -0.2) is 9.63 Å². The van der Waals surface area contributed by atoms with Crippen LogP contribution in [0.25, 0.3) is 0 Å². The molecular formula is C61H113N6O18P. The lowest BCUT2D eigenvalue weighted by Crippen LogP contribution is -2.74. The van der Waals surface area contributed by atoms with Gasteiger partial charge >= 0.3 is 19.8 Å². The third-order valence-electron chi connectivity index (χ3n) is 15.2. The molecule has 1 saturated heterocycles. The number of esters is 2. The molecule has 86 heavy (non-hydrogen) atoms. The number of amides is 5. The Bertz CT molecular complexity index is 2010. The molecule has 24 nitrogen and oxygen atoms in total. The van der Waals surface area contributed by atoms with E-state index in [1.165, 1.54) is 136 Å². The fourth-order valence-electron chi connectivity index (χ4n) is 10.5. The number of nitrogens with one attached hydrogen (secondary N) is 2. The second-order valence-electron chi connectivity index (χ2n) is 23.3. The van der Waals surface area contributed by atoms with E-state index >= 15 is 0 Å². The van der Waals surface area contributed by atoms with Crippen molar-refractivity contribution in [2.24, 2.45) is 11.5 Å². The molecule has 1 heterocycles. The van der Waals surface area contributed by atoms with Crippen LogP contribution in [0.1, 0.15) is 254 Å². The van der Waals surface area contributed by atoms with Gasteiger partial charge in [-0.15, -0.1) is 0 Å². The molecule has 0 aromatic heterocycles. The molecule has 0 aromatic rings. The quantitative estimate of drug-likeness (QED) is 0.00987. The highest BCUT2D eigenvalue weighted by molar-refractivity contribution is 7.47. The zero-order valence-electron chi connectivity index (χ0n) is 53.4. The summed E-state index contributed by atoms with van der Waals surface area (Å²) in [6, 6.07) is -4.37. The van der Waals surface area contributed by atoms with Crippen LogP contribution >= 0.6 is 7.82 Å². The fourth-order valence-corrected chi connectivity index (χ4v) is 11.3. The van der Waals surface area contributed by atoms with Gasteiger partial charge < -0.3 is 55.9 Å². The Balaban J connectivity index is 2.34. The average Bonchev–Trinajstić information content (AvgIpc) is 1.11. The van der Waals surface area contributed by atoms with E-state index in [1.54, 1.807) is 0 Å². The number of nitrogens with two attached hydrogens (primary N) is 2. The van der Waals surface area contributed by atoms with E-state index in [4.69, 9.17) is 39.5 Å². The van der Waals surface area contributed by atoms with Crippen molar-refractivity contribution in [1.82, 2.24) is 20.6 Å². The van der Waals surface area contributed by atoms with Gasteiger partial charge in [-0.2, -0.15) is 0 Å². The normalized spacial score (nSPS) is 19.3. The summed E-state index contributed by atoms with van der Waals surface area (Å²) in [5, 5.41) is 27.6. The highest BCUT2D eigenvalue weighted by Crippen LogP contribution is 2.43. The number of nitrogens with zero attached hydrogens (tertiary/aromatic N) is 2. The van der Waals surface area contributed by atoms with E-state index in [1.807, 2.05) is 0 Å². The summed E-state index contributed by atoms with van der Waals surface area (Å²) in [7, 11) is -4.41. The Morgan fingerprint density at radius 2 is 1.14 bits per heavy atom. The van der Waals surface area contributed by atoms with E-state index in [2.05, 4.69) is 17.6 Å². The molecule has 1 aliphatic heterocycles. The van der Waals surface area contributed by atoms with Gasteiger partial charge in [0.15, 0.2) is 11.9 Å². The standard InChI is InChI=1S/C61H113N6O18P/c1-8-9-10-11-12-13-14-19-22-25-28-31-34-37-55(73)67(77)41-35-32-29-26-23-20-17-15-16-18-21-24-27-30-33-36-42-81-86(78,79)82-43-40-64-54(72)39-38-52(59(63)74)66(60(75)47(3)62)44-46(2)83-57-56(84-51(7)71)53(45-80-50(6)70)85-61(76,48(4)68)58(57)65-49(5)69/h46-47,52-53,56-58,76-77H,8-45,62H2,1-7H3,(H2,63,74)(H,64,72)(H,65,69)(H,78,79)/t46?,47-,52+,53+,56+,57-,58-,61-/m0/s1. The predicted octanol–water partition coefficient (Wildman–Crippen LogP) is 8.44. The fraction of sp³-hybridized carbons (Fsp3) is 0.869. The molecule has 2 unspecified atom stereocenters. The van der Waals surface area contributed by atoms with Crippen LogP contribution in [-0.4, -0.2) is 160 Å². The molecule has 0 bridgehead atoms. The number of ketones is 1. The number of phosphoric ester groups is 1. The zero-order chi connectivity index (χ0) is 64.3. The van der Waals surface area contributed by atoms with Crippen molar-refractivity contribution in [2.45, 2.75) is 302 Å². The summed E-state index contributed by atoms with van der Waals surface area (Å²) >= 11 is 0. The summed E-state index contributed by atoms with van der Waals surface area (Å²) < 4.78 is 45.1. The minimum Gasteiger partial charge on any atom is -0.463 e. The van der Waals surface area contributed by atoms with Crippen LogP contribution < -0.4 is 22.1 Å². The molecule has 9 atom stereocenters. The number of carbonyl (C=O) groups excluding carboxylic acids is 8. The van der Waals surface area contributed by atoms with Crippen LogP contribution in [0.3, 0.4) is 0 Å².